The second-order valence-corrected chi connectivity index (χ2v) is 11.1. The number of benzene rings is 4. The van der Waals surface area contributed by atoms with Gasteiger partial charge in [0.15, 0.2) is 0 Å². The maximum absolute atomic E-state index is 14.4. The number of nitrogens with two attached hydrogens (primary N) is 1. The SMILES string of the molecule is CCC(CNc1ccc2c(c1)C(=O)N(Cc1ccc(CN)cc1)N(C(=O)c1ccccc1)CCC2)c1ccc(C(=O)O)cc1. The summed E-state index contributed by atoms with van der Waals surface area (Å²) < 4.78 is 0. The molecule has 1 unspecified atom stereocenters. The molecule has 0 bridgehead atoms. The van der Waals surface area contributed by atoms with Crippen molar-refractivity contribution in [2.75, 3.05) is 18.4 Å². The Hall–Kier alpha value is -4.95. The lowest BCUT2D eigenvalue weighted by molar-refractivity contribution is -0.00914. The average Bonchev–Trinajstić information content (AvgIpc) is 3.06. The molecule has 0 saturated heterocycles. The van der Waals surface area contributed by atoms with Crippen molar-refractivity contribution in [3.8, 4) is 0 Å². The highest BCUT2D eigenvalue weighted by Crippen LogP contribution is 2.27. The van der Waals surface area contributed by atoms with E-state index in [1.165, 1.54) is 0 Å². The van der Waals surface area contributed by atoms with E-state index in [2.05, 4.69) is 12.2 Å². The summed E-state index contributed by atoms with van der Waals surface area (Å²) >= 11 is 0. The van der Waals surface area contributed by atoms with Crippen molar-refractivity contribution in [1.82, 2.24) is 10.0 Å². The maximum atomic E-state index is 14.4. The van der Waals surface area contributed by atoms with Crippen LogP contribution in [-0.2, 0) is 19.5 Å². The third-order valence-electron chi connectivity index (χ3n) is 8.20. The molecule has 1 aliphatic rings. The predicted octanol–water partition coefficient (Wildman–Crippen LogP) is 6.10. The number of hydrogen-bond donors (Lipinski definition) is 3. The normalized spacial score (nSPS) is 13.9. The Morgan fingerprint density at radius 3 is 2.27 bits per heavy atom. The summed E-state index contributed by atoms with van der Waals surface area (Å²) in [5, 5.41) is 15.9. The molecule has 8 nitrogen and oxygen atoms in total. The monoisotopic (exact) mass is 590 g/mol. The third-order valence-corrected chi connectivity index (χ3v) is 8.20. The number of carbonyl (C=O) groups is 3. The molecule has 0 radical (unpaired) electrons. The number of carboxylic acids is 1. The van der Waals surface area contributed by atoms with Gasteiger partial charge in [0.05, 0.1) is 12.1 Å². The van der Waals surface area contributed by atoms with Gasteiger partial charge in [0, 0.05) is 42.4 Å². The Morgan fingerprint density at radius 1 is 0.909 bits per heavy atom. The molecule has 4 aromatic rings. The summed E-state index contributed by atoms with van der Waals surface area (Å²) in [6.45, 7) is 3.79. The highest BCUT2D eigenvalue weighted by atomic mass is 16.4. The highest BCUT2D eigenvalue weighted by Gasteiger charge is 2.31. The Kier molecular flexibility index (Phi) is 9.72. The molecule has 8 heteroatoms. The average molecular weight is 591 g/mol. The second-order valence-electron chi connectivity index (χ2n) is 11.1. The standard InChI is InChI=1S/C36H38N4O4/c1-2-27(28-14-16-31(17-15-28)36(43)44)23-38-32-19-18-29-9-6-20-39(34(41)30-7-4-3-5-8-30)40(35(42)33(29)21-32)24-26-12-10-25(22-37)11-13-26/h3-5,7-8,10-19,21,27,38H,2,6,9,20,22-24,37H2,1H3,(H,43,44). The fourth-order valence-corrected chi connectivity index (χ4v) is 5.58. The van der Waals surface area contributed by atoms with E-state index in [-0.39, 0.29) is 29.8 Å². The van der Waals surface area contributed by atoms with Crippen LogP contribution in [0.5, 0.6) is 0 Å². The summed E-state index contributed by atoms with van der Waals surface area (Å²) in [6, 6.07) is 29.7. The highest BCUT2D eigenvalue weighted by molar-refractivity contribution is 6.00. The van der Waals surface area contributed by atoms with Crippen LogP contribution in [-0.4, -0.2) is 46.0 Å². The van der Waals surface area contributed by atoms with E-state index in [0.717, 1.165) is 34.4 Å². The minimum Gasteiger partial charge on any atom is -0.478 e. The van der Waals surface area contributed by atoms with Crippen molar-refractivity contribution < 1.29 is 19.5 Å². The van der Waals surface area contributed by atoms with Gasteiger partial charge in [-0.15, -0.1) is 0 Å². The molecule has 226 valence electrons. The number of fused-ring (bicyclic) bond motifs is 1. The lowest BCUT2D eigenvalue weighted by atomic mass is 9.95. The van der Waals surface area contributed by atoms with Gasteiger partial charge in [-0.3, -0.25) is 9.59 Å². The van der Waals surface area contributed by atoms with Crippen LogP contribution in [0.2, 0.25) is 0 Å². The molecule has 2 amide bonds. The molecule has 0 fully saturated rings. The summed E-state index contributed by atoms with van der Waals surface area (Å²) in [6.07, 6.45) is 2.24. The number of rotatable bonds is 10. The number of hydrazine groups is 1. The lowest BCUT2D eigenvalue weighted by Gasteiger charge is -2.37. The Morgan fingerprint density at radius 2 is 1.61 bits per heavy atom. The van der Waals surface area contributed by atoms with Gasteiger partial charge < -0.3 is 16.2 Å². The van der Waals surface area contributed by atoms with Gasteiger partial charge in [-0.2, -0.15) is 0 Å². The largest absolute Gasteiger partial charge is 0.478 e. The number of nitrogens with one attached hydrogen (secondary N) is 1. The van der Waals surface area contributed by atoms with E-state index in [4.69, 9.17) is 5.73 Å². The first kappa shape index (κ1) is 30.5. The maximum Gasteiger partial charge on any atom is 0.335 e. The van der Waals surface area contributed by atoms with Crippen LogP contribution in [0.1, 0.15) is 79.0 Å². The van der Waals surface area contributed by atoms with Crippen LogP contribution in [0.3, 0.4) is 0 Å². The number of carbonyl (C=O) groups excluding carboxylic acids is 2. The second kappa shape index (κ2) is 14.0. The quantitative estimate of drug-likeness (QED) is 0.206. The molecule has 44 heavy (non-hydrogen) atoms. The Bertz CT molecular complexity index is 1600. The third kappa shape index (κ3) is 6.98. The molecule has 4 N–H and O–H groups in total. The minimum atomic E-state index is -0.946. The smallest absolute Gasteiger partial charge is 0.335 e. The summed E-state index contributed by atoms with van der Waals surface area (Å²) in [5.41, 5.74) is 11.9. The zero-order valence-electron chi connectivity index (χ0n) is 24.9. The topological polar surface area (TPSA) is 116 Å². The molecule has 1 atom stereocenters. The zero-order chi connectivity index (χ0) is 31.1. The van der Waals surface area contributed by atoms with Gasteiger partial charge >= 0.3 is 5.97 Å². The molecule has 1 heterocycles. The van der Waals surface area contributed by atoms with Gasteiger partial charge in [0.1, 0.15) is 0 Å². The summed E-state index contributed by atoms with van der Waals surface area (Å²) in [4.78, 5) is 39.4. The van der Waals surface area contributed by atoms with Crippen molar-refractivity contribution in [3.05, 3.63) is 136 Å². The number of aryl methyl sites for hydroxylation is 1. The van der Waals surface area contributed by atoms with E-state index in [9.17, 15) is 19.5 Å². The van der Waals surface area contributed by atoms with E-state index < -0.39 is 5.97 Å². The minimum absolute atomic E-state index is 0.155. The van der Waals surface area contributed by atoms with Crippen molar-refractivity contribution in [3.63, 3.8) is 0 Å². The molecule has 0 saturated carbocycles. The van der Waals surface area contributed by atoms with Crippen LogP contribution in [0.4, 0.5) is 5.69 Å². The molecular weight excluding hydrogens is 552 g/mol. The number of carboxylic acid groups (broad SMARTS) is 1. The van der Waals surface area contributed by atoms with Gasteiger partial charge in [-0.05, 0) is 77.9 Å². The van der Waals surface area contributed by atoms with E-state index >= 15 is 0 Å². The number of anilines is 1. The van der Waals surface area contributed by atoms with Crippen molar-refractivity contribution in [1.29, 1.82) is 0 Å². The number of aromatic carboxylic acids is 1. The first-order chi connectivity index (χ1) is 21.4. The van der Waals surface area contributed by atoms with Gasteiger partial charge in [-0.25, -0.2) is 14.8 Å². The van der Waals surface area contributed by atoms with Crippen molar-refractivity contribution in [2.24, 2.45) is 5.73 Å². The Balaban J connectivity index is 1.42. The fraction of sp³-hybridized carbons (Fsp3) is 0.250. The van der Waals surface area contributed by atoms with Crippen LogP contribution in [0.15, 0.2) is 97.1 Å². The van der Waals surface area contributed by atoms with E-state index in [1.54, 1.807) is 34.3 Å². The fourth-order valence-electron chi connectivity index (χ4n) is 5.58. The van der Waals surface area contributed by atoms with Crippen LogP contribution < -0.4 is 11.1 Å². The van der Waals surface area contributed by atoms with Crippen LogP contribution in [0.25, 0.3) is 0 Å². The van der Waals surface area contributed by atoms with Crippen molar-refractivity contribution >= 4 is 23.5 Å². The molecule has 5 rings (SSSR count). The van der Waals surface area contributed by atoms with Gasteiger partial charge in [-0.1, -0.05) is 67.6 Å². The van der Waals surface area contributed by atoms with E-state index in [0.29, 0.717) is 43.6 Å². The lowest BCUT2D eigenvalue weighted by Crippen LogP contribution is -2.51. The molecule has 1 aliphatic heterocycles. The molecule has 0 aliphatic carbocycles. The first-order valence-electron chi connectivity index (χ1n) is 15.0. The van der Waals surface area contributed by atoms with Gasteiger partial charge in [0.2, 0.25) is 0 Å². The molecule has 4 aromatic carbocycles. The number of nitrogens with zero attached hydrogens (tertiary/aromatic N) is 2. The molecular formula is C36H38N4O4. The zero-order valence-corrected chi connectivity index (χ0v) is 24.9. The molecule has 0 aromatic heterocycles. The Labute approximate surface area is 258 Å². The number of hydrogen-bond acceptors (Lipinski definition) is 5. The van der Waals surface area contributed by atoms with Crippen LogP contribution in [0, 0.1) is 0 Å². The van der Waals surface area contributed by atoms with Crippen LogP contribution >= 0.6 is 0 Å². The molecule has 0 spiro atoms. The van der Waals surface area contributed by atoms with Gasteiger partial charge in [0.25, 0.3) is 11.8 Å². The summed E-state index contributed by atoms with van der Waals surface area (Å²) in [7, 11) is 0. The van der Waals surface area contributed by atoms with E-state index in [1.807, 2.05) is 72.8 Å². The first-order valence-corrected chi connectivity index (χ1v) is 15.0. The predicted molar refractivity (Wildman–Crippen MR) is 171 cm³/mol. The summed E-state index contributed by atoms with van der Waals surface area (Å²) in [5.74, 6) is -1.23. The number of amides is 2. The van der Waals surface area contributed by atoms with Crippen molar-refractivity contribution in [2.45, 2.75) is 45.2 Å².